The zero-order chi connectivity index (χ0) is 12.1. The molecule has 0 saturated heterocycles. The van der Waals surface area contributed by atoms with Gasteiger partial charge in [-0.3, -0.25) is 0 Å². The fraction of sp³-hybridized carbons (Fsp3) is 0.385. The Kier molecular flexibility index (Phi) is 5.22. The van der Waals surface area contributed by atoms with Crippen LogP contribution in [0.1, 0.15) is 29.1 Å². The maximum atomic E-state index is 3.64. The standard InChI is InChI=1S/C13H16BrNS2/c1-2-6-15-12(9-10-4-3-7-16-10)13-11(14)5-8-17-13/h3-5,7-8,12,15H,2,6,9H2,1H3. The molecule has 0 bridgehead atoms. The van der Waals surface area contributed by atoms with E-state index in [9.17, 15) is 0 Å². The third-order valence-electron chi connectivity index (χ3n) is 2.59. The Morgan fingerprint density at radius 3 is 2.76 bits per heavy atom. The Morgan fingerprint density at radius 2 is 2.18 bits per heavy atom. The van der Waals surface area contributed by atoms with E-state index in [-0.39, 0.29) is 0 Å². The highest BCUT2D eigenvalue weighted by Gasteiger charge is 2.16. The summed E-state index contributed by atoms with van der Waals surface area (Å²) in [7, 11) is 0. The van der Waals surface area contributed by atoms with Crippen LogP contribution >= 0.6 is 38.6 Å². The molecule has 0 radical (unpaired) electrons. The first-order chi connectivity index (χ1) is 8.31. The van der Waals surface area contributed by atoms with Gasteiger partial charge in [0, 0.05) is 26.7 Å². The minimum atomic E-state index is 0.433. The van der Waals surface area contributed by atoms with Gasteiger partial charge >= 0.3 is 0 Å². The molecule has 2 aromatic heterocycles. The van der Waals surface area contributed by atoms with Crippen molar-refractivity contribution in [1.82, 2.24) is 5.32 Å². The fourth-order valence-corrected chi connectivity index (χ4v) is 4.24. The number of thiophene rings is 2. The lowest BCUT2D eigenvalue weighted by atomic mass is 10.1. The van der Waals surface area contributed by atoms with Gasteiger partial charge in [-0.05, 0) is 51.8 Å². The fourth-order valence-electron chi connectivity index (χ4n) is 1.76. The average molecular weight is 330 g/mol. The van der Waals surface area contributed by atoms with Crippen molar-refractivity contribution in [3.05, 3.63) is 43.2 Å². The number of halogens is 1. The Bertz CT molecular complexity index is 436. The van der Waals surface area contributed by atoms with Crippen molar-refractivity contribution in [2.75, 3.05) is 6.54 Å². The minimum absolute atomic E-state index is 0.433. The van der Waals surface area contributed by atoms with Crippen LogP contribution in [0.15, 0.2) is 33.4 Å². The molecule has 0 aliphatic heterocycles. The third kappa shape index (κ3) is 3.65. The van der Waals surface area contributed by atoms with Gasteiger partial charge in [0.15, 0.2) is 0 Å². The summed E-state index contributed by atoms with van der Waals surface area (Å²) in [5.74, 6) is 0. The number of hydrogen-bond acceptors (Lipinski definition) is 3. The predicted molar refractivity (Wildman–Crippen MR) is 81.1 cm³/mol. The molecule has 0 fully saturated rings. The number of rotatable bonds is 6. The number of hydrogen-bond donors (Lipinski definition) is 1. The van der Waals surface area contributed by atoms with Gasteiger partial charge in [-0.15, -0.1) is 22.7 Å². The summed E-state index contributed by atoms with van der Waals surface area (Å²) in [4.78, 5) is 2.85. The van der Waals surface area contributed by atoms with Crippen molar-refractivity contribution in [2.24, 2.45) is 0 Å². The summed E-state index contributed by atoms with van der Waals surface area (Å²) in [6, 6.07) is 6.91. The van der Waals surface area contributed by atoms with Crippen molar-refractivity contribution in [2.45, 2.75) is 25.8 Å². The van der Waals surface area contributed by atoms with E-state index < -0.39 is 0 Å². The lowest BCUT2D eigenvalue weighted by Crippen LogP contribution is -2.23. The van der Waals surface area contributed by atoms with E-state index in [0.29, 0.717) is 6.04 Å². The Balaban J connectivity index is 2.11. The van der Waals surface area contributed by atoms with Crippen LogP contribution in [-0.4, -0.2) is 6.54 Å². The summed E-state index contributed by atoms with van der Waals surface area (Å²) < 4.78 is 1.23. The SMILES string of the molecule is CCCNC(Cc1cccs1)c1sccc1Br. The van der Waals surface area contributed by atoms with E-state index in [1.165, 1.54) is 20.6 Å². The van der Waals surface area contributed by atoms with Crippen LogP contribution < -0.4 is 5.32 Å². The van der Waals surface area contributed by atoms with Crippen LogP contribution in [-0.2, 0) is 6.42 Å². The van der Waals surface area contributed by atoms with E-state index >= 15 is 0 Å². The van der Waals surface area contributed by atoms with Gasteiger partial charge in [0.1, 0.15) is 0 Å². The van der Waals surface area contributed by atoms with Crippen molar-refractivity contribution in [1.29, 1.82) is 0 Å². The topological polar surface area (TPSA) is 12.0 Å². The van der Waals surface area contributed by atoms with E-state index in [2.05, 4.69) is 57.1 Å². The molecule has 0 aromatic carbocycles. The van der Waals surface area contributed by atoms with Gasteiger partial charge in [-0.2, -0.15) is 0 Å². The first-order valence-electron chi connectivity index (χ1n) is 5.80. The van der Waals surface area contributed by atoms with Gasteiger partial charge in [0.05, 0.1) is 0 Å². The van der Waals surface area contributed by atoms with Gasteiger partial charge in [-0.25, -0.2) is 0 Å². The second kappa shape index (κ2) is 6.69. The molecule has 92 valence electrons. The van der Waals surface area contributed by atoms with Gasteiger partial charge < -0.3 is 5.32 Å². The number of nitrogens with one attached hydrogen (secondary N) is 1. The molecule has 0 spiro atoms. The first-order valence-corrected chi connectivity index (χ1v) is 8.35. The second-order valence-corrected chi connectivity index (χ2v) is 6.76. The van der Waals surface area contributed by atoms with Gasteiger partial charge in [-0.1, -0.05) is 13.0 Å². The van der Waals surface area contributed by atoms with E-state index in [1.54, 1.807) is 0 Å². The van der Waals surface area contributed by atoms with Crippen LogP contribution in [0.3, 0.4) is 0 Å². The molecular formula is C13H16BrNS2. The molecule has 0 aliphatic carbocycles. The zero-order valence-corrected chi connectivity index (χ0v) is 13.0. The summed E-state index contributed by atoms with van der Waals surface area (Å²) in [6.07, 6.45) is 2.25. The normalized spacial score (nSPS) is 12.8. The molecule has 2 heterocycles. The maximum Gasteiger partial charge on any atom is 0.0475 e. The second-order valence-electron chi connectivity index (χ2n) is 3.92. The Morgan fingerprint density at radius 1 is 1.29 bits per heavy atom. The lowest BCUT2D eigenvalue weighted by molar-refractivity contribution is 0.538. The van der Waals surface area contributed by atoms with Crippen LogP contribution in [0, 0.1) is 0 Å². The highest BCUT2D eigenvalue weighted by atomic mass is 79.9. The quantitative estimate of drug-likeness (QED) is 0.798. The average Bonchev–Trinajstić information content (AvgIpc) is 2.95. The van der Waals surface area contributed by atoms with Crippen molar-refractivity contribution < 1.29 is 0 Å². The molecule has 2 aromatic rings. The maximum absolute atomic E-state index is 3.64. The van der Waals surface area contributed by atoms with E-state index in [4.69, 9.17) is 0 Å². The Labute approximate surface area is 119 Å². The minimum Gasteiger partial charge on any atom is -0.309 e. The summed E-state index contributed by atoms with van der Waals surface area (Å²) in [5, 5.41) is 7.93. The predicted octanol–water partition coefficient (Wildman–Crippen LogP) is 4.86. The molecule has 2 rings (SSSR count). The molecule has 1 unspecified atom stereocenters. The van der Waals surface area contributed by atoms with Crippen LogP contribution in [0.5, 0.6) is 0 Å². The molecule has 1 atom stereocenters. The van der Waals surface area contributed by atoms with E-state index in [0.717, 1.165) is 13.0 Å². The monoisotopic (exact) mass is 329 g/mol. The molecule has 4 heteroatoms. The molecule has 1 nitrogen and oxygen atoms in total. The van der Waals surface area contributed by atoms with Crippen molar-refractivity contribution in [3.63, 3.8) is 0 Å². The lowest BCUT2D eigenvalue weighted by Gasteiger charge is -2.17. The highest BCUT2D eigenvalue weighted by Crippen LogP contribution is 2.31. The van der Waals surface area contributed by atoms with E-state index in [1.807, 2.05) is 22.7 Å². The zero-order valence-electron chi connectivity index (χ0n) is 9.78. The van der Waals surface area contributed by atoms with Crippen LogP contribution in [0.2, 0.25) is 0 Å². The molecule has 1 N–H and O–H groups in total. The summed E-state index contributed by atoms with van der Waals surface area (Å²) in [6.45, 7) is 3.28. The first kappa shape index (κ1) is 13.3. The molecule has 17 heavy (non-hydrogen) atoms. The molecule has 0 saturated carbocycles. The van der Waals surface area contributed by atoms with Crippen molar-refractivity contribution in [3.8, 4) is 0 Å². The molecule has 0 aliphatic rings. The summed E-state index contributed by atoms with van der Waals surface area (Å²) in [5.41, 5.74) is 0. The largest absolute Gasteiger partial charge is 0.309 e. The van der Waals surface area contributed by atoms with Crippen LogP contribution in [0.25, 0.3) is 0 Å². The van der Waals surface area contributed by atoms with Crippen molar-refractivity contribution >= 4 is 38.6 Å². The van der Waals surface area contributed by atoms with Crippen LogP contribution in [0.4, 0.5) is 0 Å². The molecule has 0 amide bonds. The molecular weight excluding hydrogens is 314 g/mol. The smallest absolute Gasteiger partial charge is 0.0475 e. The highest BCUT2D eigenvalue weighted by molar-refractivity contribution is 9.10. The van der Waals surface area contributed by atoms with Gasteiger partial charge in [0.25, 0.3) is 0 Å². The van der Waals surface area contributed by atoms with Gasteiger partial charge in [0.2, 0.25) is 0 Å². The summed E-state index contributed by atoms with van der Waals surface area (Å²) >= 11 is 7.30. The third-order valence-corrected chi connectivity index (χ3v) is 5.47. The Hall–Kier alpha value is -0.160.